The Labute approximate surface area is 189 Å². The van der Waals surface area contributed by atoms with E-state index in [1.54, 1.807) is 29.3 Å². The van der Waals surface area contributed by atoms with E-state index in [-0.39, 0.29) is 11.9 Å². The first-order valence-corrected chi connectivity index (χ1v) is 10.5. The smallest absolute Gasteiger partial charge is 0.174 e. The Kier molecular flexibility index (Phi) is 5.18. The maximum atomic E-state index is 14.8. The van der Waals surface area contributed by atoms with Crippen molar-refractivity contribution in [2.75, 3.05) is 4.90 Å². The van der Waals surface area contributed by atoms with Gasteiger partial charge in [0.1, 0.15) is 23.4 Å². The lowest BCUT2D eigenvalue weighted by atomic mass is 10.0. The molecule has 1 aliphatic heterocycles. The van der Waals surface area contributed by atoms with Gasteiger partial charge < -0.3 is 14.6 Å². The molecule has 4 aromatic rings. The van der Waals surface area contributed by atoms with Gasteiger partial charge in [0.2, 0.25) is 0 Å². The molecule has 31 heavy (non-hydrogen) atoms. The van der Waals surface area contributed by atoms with E-state index in [0.717, 1.165) is 11.3 Å². The first kappa shape index (κ1) is 19.7. The van der Waals surface area contributed by atoms with Gasteiger partial charge in [-0.25, -0.2) is 4.39 Å². The maximum Gasteiger partial charge on any atom is 0.174 e. The van der Waals surface area contributed by atoms with Crippen LogP contribution in [-0.2, 0) is 0 Å². The number of nitrogens with zero attached hydrogens (tertiary/aromatic N) is 2. The van der Waals surface area contributed by atoms with E-state index >= 15 is 0 Å². The number of hydrogen-bond acceptors (Lipinski definition) is 3. The van der Waals surface area contributed by atoms with Crippen molar-refractivity contribution in [3.8, 4) is 11.3 Å². The second-order valence-electron chi connectivity index (χ2n) is 7.16. The minimum absolute atomic E-state index is 0.308. The highest BCUT2D eigenvalue weighted by Crippen LogP contribution is 2.43. The van der Waals surface area contributed by atoms with Crippen LogP contribution in [0.5, 0.6) is 0 Å². The van der Waals surface area contributed by atoms with Crippen molar-refractivity contribution in [1.29, 1.82) is 0 Å². The van der Waals surface area contributed by atoms with Crippen LogP contribution in [0.15, 0.2) is 89.5 Å². The molecule has 0 amide bonds. The number of rotatable bonds is 4. The first-order valence-electron chi connectivity index (χ1n) is 9.72. The minimum atomic E-state index is -0.416. The van der Waals surface area contributed by atoms with Gasteiger partial charge in [0.15, 0.2) is 5.11 Å². The second-order valence-corrected chi connectivity index (χ2v) is 7.98. The van der Waals surface area contributed by atoms with Gasteiger partial charge in [0.25, 0.3) is 0 Å². The predicted molar refractivity (Wildman–Crippen MR) is 123 cm³/mol. The molecule has 0 saturated carbocycles. The monoisotopic (exact) mass is 449 g/mol. The summed E-state index contributed by atoms with van der Waals surface area (Å²) >= 11 is 11.6. The fourth-order valence-corrected chi connectivity index (χ4v) is 4.30. The minimum Gasteiger partial charge on any atom is -0.459 e. The Bertz CT molecular complexity index is 1230. The summed E-state index contributed by atoms with van der Waals surface area (Å²) in [7, 11) is 0. The van der Waals surface area contributed by atoms with Gasteiger partial charge in [-0.3, -0.25) is 4.98 Å². The molecule has 7 heteroatoms. The summed E-state index contributed by atoms with van der Waals surface area (Å²) in [6.07, 6.45) is 1.73. The zero-order chi connectivity index (χ0) is 21.4. The number of anilines is 1. The molecule has 2 aromatic heterocycles. The molecule has 0 spiro atoms. The van der Waals surface area contributed by atoms with Gasteiger partial charge in [-0.2, -0.15) is 0 Å². The Morgan fingerprint density at radius 1 is 0.968 bits per heavy atom. The van der Waals surface area contributed by atoms with Gasteiger partial charge in [0, 0.05) is 16.8 Å². The van der Waals surface area contributed by atoms with Crippen LogP contribution in [0.1, 0.15) is 23.5 Å². The van der Waals surface area contributed by atoms with Gasteiger partial charge in [-0.05, 0) is 72.9 Å². The molecule has 2 atom stereocenters. The third-order valence-electron chi connectivity index (χ3n) is 5.26. The molecule has 4 nitrogen and oxygen atoms in total. The normalized spacial score (nSPS) is 18.3. The topological polar surface area (TPSA) is 41.3 Å². The average molecular weight is 450 g/mol. The summed E-state index contributed by atoms with van der Waals surface area (Å²) < 4.78 is 21.0. The summed E-state index contributed by atoms with van der Waals surface area (Å²) in [5, 5.41) is 4.37. The van der Waals surface area contributed by atoms with Crippen LogP contribution >= 0.6 is 23.8 Å². The van der Waals surface area contributed by atoms with Crippen molar-refractivity contribution >= 4 is 34.6 Å². The maximum absolute atomic E-state index is 14.8. The molecule has 1 N–H and O–H groups in total. The fourth-order valence-electron chi connectivity index (χ4n) is 3.83. The van der Waals surface area contributed by atoms with Crippen molar-refractivity contribution < 1.29 is 8.81 Å². The fraction of sp³-hybridized carbons (Fsp3) is 0.0833. The number of thiocarbonyl (C=S) groups is 1. The summed E-state index contributed by atoms with van der Waals surface area (Å²) in [5.41, 5.74) is 2.07. The molecule has 1 saturated heterocycles. The van der Waals surface area contributed by atoms with E-state index in [1.807, 2.05) is 54.6 Å². The first-order chi connectivity index (χ1) is 15.1. The SMILES string of the molecule is Fc1ccccc1N1C(=S)N[C@H](c2ccccn2)[C@H]1c1ccc(-c2ccc(Cl)cc2)o1. The number of nitrogens with one attached hydrogen (secondary N) is 1. The van der Waals surface area contributed by atoms with Crippen LogP contribution in [0.2, 0.25) is 5.02 Å². The highest BCUT2D eigenvalue weighted by molar-refractivity contribution is 7.80. The number of benzene rings is 2. The Hall–Kier alpha value is -3.22. The summed E-state index contributed by atoms with van der Waals surface area (Å²) in [4.78, 5) is 6.26. The Morgan fingerprint density at radius 3 is 2.48 bits per heavy atom. The van der Waals surface area contributed by atoms with Crippen LogP contribution in [-0.4, -0.2) is 10.1 Å². The van der Waals surface area contributed by atoms with Crippen molar-refractivity contribution in [1.82, 2.24) is 10.3 Å². The summed E-state index contributed by atoms with van der Waals surface area (Å²) in [5.74, 6) is 0.983. The highest BCUT2D eigenvalue weighted by Gasteiger charge is 2.43. The lowest BCUT2D eigenvalue weighted by Crippen LogP contribution is -2.30. The van der Waals surface area contributed by atoms with Gasteiger partial charge in [-0.1, -0.05) is 29.8 Å². The standard InChI is InChI=1S/C24H17ClFN3OS/c25-16-10-8-15(9-11-16)20-12-13-21(30-20)23-22(18-6-3-4-14-27-18)28-24(31)29(23)19-7-2-1-5-17(19)26/h1-14,22-23H,(H,28,31)/t22-,23-/m1/s1. The van der Waals surface area contributed by atoms with E-state index in [2.05, 4.69) is 10.3 Å². The molecule has 0 radical (unpaired) electrons. The largest absolute Gasteiger partial charge is 0.459 e. The summed E-state index contributed by atoms with van der Waals surface area (Å²) in [6, 6.07) is 22.7. The third-order valence-corrected chi connectivity index (χ3v) is 5.82. The van der Waals surface area contributed by atoms with Crippen LogP contribution in [0.3, 0.4) is 0 Å². The molecule has 2 aromatic carbocycles. The van der Waals surface area contributed by atoms with Crippen LogP contribution in [0, 0.1) is 5.82 Å². The number of halogens is 2. The zero-order valence-corrected chi connectivity index (χ0v) is 17.8. The second kappa shape index (κ2) is 8.13. The van der Waals surface area contributed by atoms with E-state index < -0.39 is 6.04 Å². The molecule has 0 unspecified atom stereocenters. The molecule has 3 heterocycles. The van der Waals surface area contributed by atoms with Crippen molar-refractivity contribution in [2.45, 2.75) is 12.1 Å². The number of para-hydroxylation sites is 1. The van der Waals surface area contributed by atoms with E-state index in [9.17, 15) is 4.39 Å². The van der Waals surface area contributed by atoms with Crippen molar-refractivity contribution in [3.63, 3.8) is 0 Å². The lowest BCUT2D eigenvalue weighted by molar-refractivity contribution is 0.438. The molecular weight excluding hydrogens is 433 g/mol. The van der Waals surface area contributed by atoms with Crippen molar-refractivity contribution in [2.24, 2.45) is 0 Å². The van der Waals surface area contributed by atoms with Crippen LogP contribution < -0.4 is 10.2 Å². The molecule has 5 rings (SSSR count). The van der Waals surface area contributed by atoms with E-state index in [1.165, 1.54) is 6.07 Å². The number of aromatic nitrogens is 1. The highest BCUT2D eigenvalue weighted by atomic mass is 35.5. The molecular formula is C24H17ClFN3OS. The van der Waals surface area contributed by atoms with Crippen LogP contribution in [0.25, 0.3) is 11.3 Å². The summed E-state index contributed by atoms with van der Waals surface area (Å²) in [6.45, 7) is 0. The van der Waals surface area contributed by atoms with E-state index in [4.69, 9.17) is 28.2 Å². The predicted octanol–water partition coefficient (Wildman–Crippen LogP) is 6.31. The van der Waals surface area contributed by atoms with E-state index in [0.29, 0.717) is 27.3 Å². The number of pyridine rings is 1. The molecule has 1 fully saturated rings. The van der Waals surface area contributed by atoms with Crippen LogP contribution in [0.4, 0.5) is 10.1 Å². The van der Waals surface area contributed by atoms with Gasteiger partial charge in [0.05, 0.1) is 17.4 Å². The average Bonchev–Trinajstić information content (AvgIpc) is 3.40. The molecule has 0 bridgehead atoms. The van der Waals surface area contributed by atoms with Crippen molar-refractivity contribution in [3.05, 3.63) is 107 Å². The lowest BCUT2D eigenvalue weighted by Gasteiger charge is -2.26. The Balaban J connectivity index is 1.61. The molecule has 0 aliphatic carbocycles. The molecule has 1 aliphatic rings. The van der Waals surface area contributed by atoms with Gasteiger partial charge >= 0.3 is 0 Å². The number of furan rings is 1. The van der Waals surface area contributed by atoms with Gasteiger partial charge in [-0.15, -0.1) is 0 Å². The third kappa shape index (κ3) is 3.69. The zero-order valence-electron chi connectivity index (χ0n) is 16.2. The molecule has 154 valence electrons. The Morgan fingerprint density at radius 2 is 1.74 bits per heavy atom. The number of hydrogen-bond donors (Lipinski definition) is 1. The quantitative estimate of drug-likeness (QED) is 0.370.